The Kier molecular flexibility index (Phi) is 13.7. The van der Waals surface area contributed by atoms with Gasteiger partial charge in [-0.3, -0.25) is 19.2 Å². The Hall–Kier alpha value is -4.28. The van der Waals surface area contributed by atoms with E-state index in [9.17, 15) is 34.5 Å². The number of aliphatic hydroxyl groups is 1. The molecule has 1 aliphatic rings. The van der Waals surface area contributed by atoms with Gasteiger partial charge in [0.1, 0.15) is 23.6 Å². The number of amides is 4. The molecule has 0 saturated heterocycles. The zero-order valence-electron chi connectivity index (χ0n) is 25.7. The zero-order valence-corrected chi connectivity index (χ0v) is 25.7. The molecular weight excluding hydrogens is 596 g/mol. The molecule has 0 radical (unpaired) electrons. The van der Waals surface area contributed by atoms with Gasteiger partial charge < -0.3 is 59.5 Å². The lowest BCUT2D eigenvalue weighted by atomic mass is 9.95. The molecule has 15 heteroatoms. The number of hydrogen-bond donors (Lipinski definition) is 11. The van der Waals surface area contributed by atoms with Gasteiger partial charge in [-0.25, -0.2) is 0 Å². The second kappa shape index (κ2) is 17.4. The number of nitrogens with one attached hydrogen (secondary N) is 4. The Morgan fingerprint density at radius 3 is 2.11 bits per heavy atom. The van der Waals surface area contributed by atoms with Crippen LogP contribution in [0.15, 0.2) is 36.4 Å². The Bertz CT molecular complexity index is 1370. The van der Waals surface area contributed by atoms with E-state index in [-0.39, 0.29) is 43.9 Å². The summed E-state index contributed by atoms with van der Waals surface area (Å²) >= 11 is 0. The average molecular weight is 643 g/mol. The van der Waals surface area contributed by atoms with Crippen LogP contribution in [0, 0.1) is 0 Å². The Morgan fingerprint density at radius 1 is 0.913 bits per heavy atom. The number of phenols is 2. The second-order valence-corrected chi connectivity index (χ2v) is 11.4. The lowest BCUT2D eigenvalue weighted by molar-refractivity contribution is -0.133. The van der Waals surface area contributed by atoms with Gasteiger partial charge >= 0.3 is 0 Å². The highest BCUT2D eigenvalue weighted by atomic mass is 16.3. The molecule has 0 aliphatic carbocycles. The molecule has 4 bridgehead atoms. The maximum Gasteiger partial charge on any atom is 0.243 e. The molecular formula is C31H46N8O7. The number of rotatable bonds is 12. The minimum atomic E-state index is -1.28. The van der Waals surface area contributed by atoms with E-state index < -0.39 is 60.4 Å². The molecule has 2 aromatic rings. The van der Waals surface area contributed by atoms with Crippen molar-refractivity contribution in [2.45, 2.75) is 68.7 Å². The van der Waals surface area contributed by atoms with Crippen molar-refractivity contribution in [2.24, 2.45) is 22.9 Å². The zero-order chi connectivity index (χ0) is 33.8. The summed E-state index contributed by atoms with van der Waals surface area (Å²) in [5, 5.41) is 41.7. The summed E-state index contributed by atoms with van der Waals surface area (Å²) in [6.45, 7) is -0.0745. The van der Waals surface area contributed by atoms with Gasteiger partial charge in [-0.1, -0.05) is 12.1 Å². The predicted octanol–water partition coefficient (Wildman–Crippen LogP) is -2.44. The summed E-state index contributed by atoms with van der Waals surface area (Å²) in [6.07, 6.45) is 1.24. The lowest BCUT2D eigenvalue weighted by Gasteiger charge is -2.26. The van der Waals surface area contributed by atoms with E-state index in [1.807, 2.05) is 0 Å². The van der Waals surface area contributed by atoms with E-state index in [4.69, 9.17) is 22.9 Å². The van der Waals surface area contributed by atoms with Crippen LogP contribution >= 0.6 is 0 Å². The molecule has 5 atom stereocenters. The van der Waals surface area contributed by atoms with E-state index >= 15 is 0 Å². The number of aromatic hydroxyl groups is 2. The van der Waals surface area contributed by atoms with Gasteiger partial charge in [-0.2, -0.15) is 0 Å². The Morgan fingerprint density at radius 2 is 1.52 bits per heavy atom. The van der Waals surface area contributed by atoms with Crippen LogP contribution in [0.1, 0.15) is 36.8 Å². The highest BCUT2D eigenvalue weighted by Crippen LogP contribution is 2.31. The van der Waals surface area contributed by atoms with Crippen molar-refractivity contribution >= 4 is 23.6 Å². The number of fused-ring (bicyclic) bond motifs is 5. The summed E-state index contributed by atoms with van der Waals surface area (Å²) in [5.74, 6) is -2.71. The van der Waals surface area contributed by atoms with Crippen LogP contribution < -0.4 is 44.2 Å². The normalized spacial score (nSPS) is 19.9. The highest BCUT2D eigenvalue weighted by molar-refractivity contribution is 5.93. The maximum atomic E-state index is 13.6. The molecule has 15 N–H and O–H groups in total. The van der Waals surface area contributed by atoms with Crippen molar-refractivity contribution in [1.82, 2.24) is 21.3 Å². The molecule has 0 unspecified atom stereocenters. The van der Waals surface area contributed by atoms with Crippen LogP contribution in [0.4, 0.5) is 0 Å². The molecule has 0 aromatic heterocycles. The first-order valence-electron chi connectivity index (χ1n) is 15.3. The number of hydrogen-bond acceptors (Lipinski definition) is 11. The quantitative estimate of drug-likeness (QED) is 0.116. The molecule has 15 nitrogen and oxygen atoms in total. The fourth-order valence-corrected chi connectivity index (χ4v) is 5.04. The topological polar surface area (TPSA) is 281 Å². The van der Waals surface area contributed by atoms with Gasteiger partial charge in [0.25, 0.3) is 0 Å². The Labute approximate surface area is 267 Å². The third-order valence-corrected chi connectivity index (χ3v) is 7.80. The maximum absolute atomic E-state index is 13.6. The summed E-state index contributed by atoms with van der Waals surface area (Å²) in [4.78, 5) is 52.6. The lowest BCUT2D eigenvalue weighted by Crippen LogP contribution is -2.58. The summed E-state index contributed by atoms with van der Waals surface area (Å²) < 4.78 is 0. The van der Waals surface area contributed by atoms with Crippen LogP contribution in [0.2, 0.25) is 0 Å². The smallest absolute Gasteiger partial charge is 0.243 e. The van der Waals surface area contributed by atoms with E-state index in [1.165, 1.54) is 12.1 Å². The van der Waals surface area contributed by atoms with Crippen LogP contribution in [-0.2, 0) is 32.0 Å². The summed E-state index contributed by atoms with van der Waals surface area (Å²) in [5.41, 5.74) is 25.2. The minimum absolute atomic E-state index is 0.0241. The molecule has 0 spiro atoms. The molecule has 3 rings (SSSR count). The number of aliphatic hydroxyl groups excluding tert-OH is 1. The molecule has 0 fully saturated rings. The van der Waals surface area contributed by atoms with Crippen LogP contribution in [0.3, 0.4) is 0 Å². The summed E-state index contributed by atoms with van der Waals surface area (Å²) in [7, 11) is 0. The van der Waals surface area contributed by atoms with Crippen molar-refractivity contribution in [3.8, 4) is 22.6 Å². The second-order valence-electron chi connectivity index (χ2n) is 11.4. The fourth-order valence-electron chi connectivity index (χ4n) is 5.04. The third-order valence-electron chi connectivity index (χ3n) is 7.80. The third kappa shape index (κ3) is 10.1. The number of carbonyl (C=O) groups is 4. The monoisotopic (exact) mass is 642 g/mol. The van der Waals surface area contributed by atoms with Crippen LogP contribution in [-0.4, -0.2) is 95.4 Å². The largest absolute Gasteiger partial charge is 0.508 e. The molecule has 252 valence electrons. The standard InChI is InChI=1S/C31H46N8O7/c32-9-1-3-22(34)28(43)36-15-21(16-40)37-31(46)25-14-20-12-18(6-8-27(20)42)17-5-7-26(41)19(11-17)13-23(35)29(44)38-24(4-2-10-33)30(45)39-25/h5-8,11-12,21-25,40-42H,1-4,9-10,13-16,32-35H2,(H,36,43)(H,37,46)(H,38,44)(H,39,45)/t21-,22-,23-,24-,25-/m0/s1. The van der Waals surface area contributed by atoms with Gasteiger partial charge in [0.2, 0.25) is 23.6 Å². The molecule has 46 heavy (non-hydrogen) atoms. The minimum Gasteiger partial charge on any atom is -0.508 e. The number of phenolic OH excluding ortho intramolecular Hbond substituents is 2. The van der Waals surface area contributed by atoms with Crippen molar-refractivity contribution < 1.29 is 34.5 Å². The van der Waals surface area contributed by atoms with Gasteiger partial charge in [-0.05, 0) is 85.3 Å². The molecule has 1 heterocycles. The first kappa shape index (κ1) is 36.2. The van der Waals surface area contributed by atoms with Gasteiger partial charge in [-0.15, -0.1) is 0 Å². The van der Waals surface area contributed by atoms with Crippen molar-refractivity contribution in [3.63, 3.8) is 0 Å². The van der Waals surface area contributed by atoms with Crippen molar-refractivity contribution in [3.05, 3.63) is 47.5 Å². The summed E-state index contributed by atoms with van der Waals surface area (Å²) in [6, 6.07) is 4.33. The highest BCUT2D eigenvalue weighted by Gasteiger charge is 2.30. The first-order chi connectivity index (χ1) is 22.0. The SMILES string of the molecule is NCCC[C@@H]1NC(=O)[C@@H](N)Cc2cc(ccc2O)-c2ccc(O)c(c2)C[C@@H](C(=O)N[C@H](CO)CNC(=O)[C@@H](N)CCCN)NC1=O. The van der Waals surface area contributed by atoms with Crippen molar-refractivity contribution in [2.75, 3.05) is 26.2 Å². The predicted molar refractivity (Wildman–Crippen MR) is 171 cm³/mol. The molecule has 4 amide bonds. The number of benzene rings is 2. The Balaban J connectivity index is 1.95. The van der Waals surface area contributed by atoms with Crippen LogP contribution in [0.5, 0.6) is 11.5 Å². The fraction of sp³-hybridized carbons (Fsp3) is 0.484. The first-order valence-corrected chi connectivity index (χ1v) is 15.3. The van der Waals surface area contributed by atoms with E-state index in [0.717, 1.165) is 0 Å². The number of carbonyl (C=O) groups excluding carboxylic acids is 4. The van der Waals surface area contributed by atoms with Crippen LogP contribution in [0.25, 0.3) is 11.1 Å². The van der Waals surface area contributed by atoms with Gasteiger partial charge in [0.05, 0.1) is 24.7 Å². The molecule has 1 aliphatic heterocycles. The van der Waals surface area contributed by atoms with Crippen molar-refractivity contribution in [1.29, 1.82) is 0 Å². The molecule has 0 saturated carbocycles. The average Bonchev–Trinajstić information content (AvgIpc) is 3.04. The van der Waals surface area contributed by atoms with Gasteiger partial charge in [0, 0.05) is 19.4 Å². The van der Waals surface area contributed by atoms with Gasteiger partial charge in [0.15, 0.2) is 0 Å². The van der Waals surface area contributed by atoms with E-state index in [2.05, 4.69) is 21.3 Å². The van der Waals surface area contributed by atoms with E-state index in [1.54, 1.807) is 24.3 Å². The number of nitrogens with two attached hydrogens (primary N) is 4. The molecule has 2 aromatic carbocycles. The van der Waals surface area contributed by atoms with E-state index in [0.29, 0.717) is 48.1 Å².